The molecular formula is C20H23BN4O6. The smallest absolute Gasteiger partial charge is 0.483 e. The molecule has 0 saturated heterocycles. The normalized spacial score (nSPS) is 10.2. The van der Waals surface area contributed by atoms with Crippen molar-refractivity contribution < 1.29 is 29.5 Å². The second kappa shape index (κ2) is 10.9. The van der Waals surface area contributed by atoms with E-state index in [1.54, 1.807) is 18.2 Å². The van der Waals surface area contributed by atoms with Crippen LogP contribution >= 0.6 is 0 Å². The van der Waals surface area contributed by atoms with Crippen LogP contribution < -0.4 is 21.3 Å². The summed E-state index contributed by atoms with van der Waals surface area (Å²) in [5.74, 6) is 0.184. The maximum absolute atomic E-state index is 11.9. The Bertz CT molecular complexity index is 1060. The summed E-state index contributed by atoms with van der Waals surface area (Å²) in [6.45, 7) is 3.32. The van der Waals surface area contributed by atoms with Crippen LogP contribution in [-0.2, 0) is 9.59 Å². The molecule has 162 valence electrons. The molecule has 1 amide bonds. The van der Waals surface area contributed by atoms with E-state index in [2.05, 4.69) is 15.5 Å². The van der Waals surface area contributed by atoms with Crippen LogP contribution in [0.5, 0.6) is 5.75 Å². The number of fused-ring (bicyclic) bond motifs is 1. The molecule has 6 N–H and O–H groups in total. The number of nitrogen functional groups attached to an aromatic ring is 1. The van der Waals surface area contributed by atoms with Crippen LogP contribution in [0.1, 0.15) is 13.8 Å². The molecular weight excluding hydrogens is 403 g/mol. The Balaban J connectivity index is 0.00000107. The molecule has 1 heterocycles. The van der Waals surface area contributed by atoms with E-state index >= 15 is 0 Å². The zero-order valence-electron chi connectivity index (χ0n) is 17.0. The molecule has 0 saturated carbocycles. The summed E-state index contributed by atoms with van der Waals surface area (Å²) >= 11 is 0. The molecule has 0 spiro atoms. The molecule has 0 aliphatic rings. The van der Waals surface area contributed by atoms with Gasteiger partial charge in [0.05, 0.1) is 17.4 Å². The van der Waals surface area contributed by atoms with E-state index < -0.39 is 7.12 Å². The van der Waals surface area contributed by atoms with Crippen molar-refractivity contribution in [3.05, 3.63) is 42.6 Å². The summed E-state index contributed by atoms with van der Waals surface area (Å²) in [4.78, 5) is 20.3. The molecule has 1 aromatic heterocycles. The summed E-state index contributed by atoms with van der Waals surface area (Å²) in [5, 5.41) is 37.4. The maximum Gasteiger partial charge on any atom is 0.488 e. The van der Waals surface area contributed by atoms with Crippen LogP contribution in [0.4, 0.5) is 5.69 Å². The third kappa shape index (κ3) is 6.39. The van der Waals surface area contributed by atoms with Gasteiger partial charge in [0, 0.05) is 17.0 Å². The minimum absolute atomic E-state index is 0.00648. The highest BCUT2D eigenvalue weighted by molar-refractivity contribution is 6.58. The Kier molecular flexibility index (Phi) is 8.29. The highest BCUT2D eigenvalue weighted by atomic mass is 16.5. The van der Waals surface area contributed by atoms with Gasteiger partial charge < -0.3 is 30.9 Å². The number of amides is 1. The zero-order valence-corrected chi connectivity index (χ0v) is 17.0. The second-order valence-electron chi connectivity index (χ2n) is 6.78. The van der Waals surface area contributed by atoms with Gasteiger partial charge in [-0.15, -0.1) is 0 Å². The molecule has 0 aliphatic carbocycles. The molecule has 0 bridgehead atoms. The van der Waals surface area contributed by atoms with Gasteiger partial charge in [-0.3, -0.25) is 9.59 Å². The van der Waals surface area contributed by atoms with E-state index in [0.29, 0.717) is 33.5 Å². The minimum Gasteiger partial charge on any atom is -0.483 e. The van der Waals surface area contributed by atoms with E-state index in [4.69, 9.17) is 20.4 Å². The lowest BCUT2D eigenvalue weighted by atomic mass is 9.79. The second-order valence-corrected chi connectivity index (χ2v) is 6.78. The van der Waals surface area contributed by atoms with Gasteiger partial charge in [-0.2, -0.15) is 10.2 Å². The highest BCUT2D eigenvalue weighted by Crippen LogP contribution is 2.32. The van der Waals surface area contributed by atoms with Crippen LogP contribution in [0.25, 0.3) is 22.0 Å². The van der Waals surface area contributed by atoms with Crippen molar-refractivity contribution in [1.29, 1.82) is 0 Å². The first kappa shape index (κ1) is 23.6. The number of anilines is 1. The Morgan fingerprint density at radius 1 is 1.26 bits per heavy atom. The van der Waals surface area contributed by atoms with Crippen molar-refractivity contribution in [2.75, 3.05) is 12.3 Å². The molecule has 0 fully saturated rings. The van der Waals surface area contributed by atoms with E-state index in [0.717, 1.165) is 5.39 Å². The number of benzene rings is 2. The largest absolute Gasteiger partial charge is 0.488 e. The fourth-order valence-electron chi connectivity index (χ4n) is 2.82. The Morgan fingerprint density at radius 3 is 2.61 bits per heavy atom. The number of nitrogens with one attached hydrogen (secondary N) is 1. The Morgan fingerprint density at radius 2 is 1.97 bits per heavy atom. The predicted molar refractivity (Wildman–Crippen MR) is 117 cm³/mol. The molecule has 2 aromatic carbocycles. The number of carbonyl (C=O) groups excluding carboxylic acids is 1. The molecule has 0 atom stereocenters. The van der Waals surface area contributed by atoms with Crippen LogP contribution in [0.3, 0.4) is 0 Å². The predicted octanol–water partition coefficient (Wildman–Crippen LogP) is 0.163. The first-order chi connectivity index (χ1) is 14.8. The maximum atomic E-state index is 11.9. The highest BCUT2D eigenvalue weighted by Gasteiger charge is 2.17. The van der Waals surface area contributed by atoms with E-state index in [1.807, 2.05) is 26.0 Å². The summed E-state index contributed by atoms with van der Waals surface area (Å²) in [7, 11) is -1.63. The summed E-state index contributed by atoms with van der Waals surface area (Å²) < 4.78 is 5.69. The fourth-order valence-corrected chi connectivity index (χ4v) is 2.82. The fraction of sp³-hybridized carbons (Fsp3) is 0.200. The number of aromatic nitrogens is 2. The van der Waals surface area contributed by atoms with Gasteiger partial charge in [0.25, 0.3) is 12.4 Å². The average Bonchev–Trinajstić information content (AvgIpc) is 2.72. The Hall–Kier alpha value is -3.70. The topological polar surface area (TPSA) is 168 Å². The van der Waals surface area contributed by atoms with Crippen molar-refractivity contribution in [3.63, 3.8) is 0 Å². The van der Waals surface area contributed by atoms with Crippen LogP contribution in [0.15, 0.2) is 42.6 Å². The summed E-state index contributed by atoms with van der Waals surface area (Å²) in [6, 6.07) is 10.2. The van der Waals surface area contributed by atoms with Gasteiger partial charge in [-0.05, 0) is 43.1 Å². The third-order valence-electron chi connectivity index (χ3n) is 4.09. The van der Waals surface area contributed by atoms with Gasteiger partial charge in [-0.1, -0.05) is 18.2 Å². The standard InChI is InChI=1S/C19H21BN4O4.CH2O2/c1-11(2)23-19(25)10-28-18-6-4-13(20(26)27)8-15(18)12-3-5-14-16(21)9-22-24-17(14)7-12;2-1-3/h3-9,11,26-27H,10H2,1-2H3,(H2,21,24)(H,23,25);1H,(H,2,3). The molecule has 11 heteroatoms. The zero-order chi connectivity index (χ0) is 23.0. The molecule has 0 radical (unpaired) electrons. The molecule has 31 heavy (non-hydrogen) atoms. The van der Waals surface area contributed by atoms with Gasteiger partial charge in [0.1, 0.15) is 5.75 Å². The molecule has 3 rings (SSSR count). The average molecular weight is 426 g/mol. The van der Waals surface area contributed by atoms with Gasteiger partial charge in [-0.25, -0.2) is 0 Å². The Labute approximate surface area is 178 Å². The first-order valence-corrected chi connectivity index (χ1v) is 9.28. The van der Waals surface area contributed by atoms with Crippen molar-refractivity contribution in [1.82, 2.24) is 15.5 Å². The minimum atomic E-state index is -1.63. The summed E-state index contributed by atoms with van der Waals surface area (Å²) in [5.41, 5.74) is 8.63. The third-order valence-corrected chi connectivity index (χ3v) is 4.09. The number of hydrogen-bond donors (Lipinski definition) is 5. The van der Waals surface area contributed by atoms with E-state index in [9.17, 15) is 14.8 Å². The molecule has 0 unspecified atom stereocenters. The lowest BCUT2D eigenvalue weighted by molar-refractivity contribution is -0.124. The van der Waals surface area contributed by atoms with Crippen molar-refractivity contribution in [2.45, 2.75) is 19.9 Å². The van der Waals surface area contributed by atoms with Crippen molar-refractivity contribution in [2.24, 2.45) is 0 Å². The van der Waals surface area contributed by atoms with Crippen molar-refractivity contribution in [3.8, 4) is 16.9 Å². The quantitative estimate of drug-likeness (QED) is 0.272. The number of nitrogens with zero attached hydrogens (tertiary/aromatic N) is 2. The lowest BCUT2D eigenvalue weighted by Crippen LogP contribution is -2.34. The first-order valence-electron chi connectivity index (χ1n) is 9.28. The van der Waals surface area contributed by atoms with E-state index in [-0.39, 0.29) is 25.0 Å². The van der Waals surface area contributed by atoms with Gasteiger partial charge in [0.2, 0.25) is 0 Å². The number of rotatable bonds is 6. The summed E-state index contributed by atoms with van der Waals surface area (Å²) in [6.07, 6.45) is 1.48. The number of carboxylic acid groups (broad SMARTS) is 1. The SMILES string of the molecule is CC(C)NC(=O)COc1ccc(B(O)O)cc1-c1ccc2c(N)cnnc2c1.O=CO. The van der Waals surface area contributed by atoms with Crippen molar-refractivity contribution >= 4 is 41.6 Å². The number of hydrogen-bond acceptors (Lipinski definition) is 8. The van der Waals surface area contributed by atoms with Crippen LogP contribution in [0.2, 0.25) is 0 Å². The van der Waals surface area contributed by atoms with Gasteiger partial charge in [0.15, 0.2) is 6.61 Å². The number of ether oxygens (including phenoxy) is 1. The van der Waals surface area contributed by atoms with Gasteiger partial charge >= 0.3 is 7.12 Å². The number of nitrogens with two attached hydrogens (primary N) is 1. The molecule has 3 aromatic rings. The lowest BCUT2D eigenvalue weighted by Gasteiger charge is -2.15. The van der Waals surface area contributed by atoms with Crippen LogP contribution in [0, 0.1) is 0 Å². The molecule has 10 nitrogen and oxygen atoms in total. The monoisotopic (exact) mass is 426 g/mol. The van der Waals surface area contributed by atoms with E-state index in [1.165, 1.54) is 12.3 Å². The van der Waals surface area contributed by atoms with Crippen LogP contribution in [-0.4, -0.2) is 57.5 Å². The molecule has 0 aliphatic heterocycles. The number of carbonyl (C=O) groups is 2.